The molecule has 0 aliphatic rings. The zero-order valence-corrected chi connectivity index (χ0v) is 8.56. The summed E-state index contributed by atoms with van der Waals surface area (Å²) in [4.78, 5) is 8.12. The summed E-state index contributed by atoms with van der Waals surface area (Å²) < 4.78 is 1.64. The van der Waals surface area contributed by atoms with Crippen LogP contribution in [0.2, 0.25) is 0 Å². The van der Waals surface area contributed by atoms with Crippen molar-refractivity contribution < 1.29 is 0 Å². The Morgan fingerprint density at radius 3 is 3.07 bits per heavy atom. The van der Waals surface area contributed by atoms with Crippen molar-refractivity contribution in [3.8, 4) is 0 Å². The number of hydrogen-bond acceptors (Lipinski definition) is 3. The lowest BCUT2D eigenvalue weighted by molar-refractivity contribution is 0.740. The van der Waals surface area contributed by atoms with E-state index < -0.39 is 0 Å². The molecule has 78 valence electrons. The van der Waals surface area contributed by atoms with Crippen LogP contribution in [-0.4, -0.2) is 27.3 Å². The van der Waals surface area contributed by atoms with Crippen LogP contribution in [0.25, 0.3) is 0 Å². The van der Waals surface area contributed by atoms with E-state index in [4.69, 9.17) is 5.73 Å². The summed E-state index contributed by atoms with van der Waals surface area (Å²) in [5.41, 5.74) is 5.59. The molecule has 0 radical (unpaired) electrons. The molecule has 1 rings (SSSR count). The highest BCUT2D eigenvalue weighted by atomic mass is 15.3. The first-order valence-electron chi connectivity index (χ1n) is 4.60. The monoisotopic (exact) mass is 196 g/mol. The Balaban J connectivity index is 2.38. The molecular formula is C8H16N6. The van der Waals surface area contributed by atoms with Crippen LogP contribution in [0, 0.1) is 0 Å². The van der Waals surface area contributed by atoms with Gasteiger partial charge in [0, 0.05) is 13.6 Å². The van der Waals surface area contributed by atoms with E-state index in [1.807, 2.05) is 7.05 Å². The van der Waals surface area contributed by atoms with Gasteiger partial charge in [0.1, 0.15) is 12.9 Å². The van der Waals surface area contributed by atoms with Crippen LogP contribution in [0.3, 0.4) is 0 Å². The summed E-state index contributed by atoms with van der Waals surface area (Å²) in [6.07, 6.45) is 2.67. The van der Waals surface area contributed by atoms with Crippen LogP contribution in [0.4, 0.5) is 0 Å². The van der Waals surface area contributed by atoms with Gasteiger partial charge in [0.25, 0.3) is 0 Å². The van der Waals surface area contributed by atoms with Gasteiger partial charge in [-0.3, -0.25) is 4.68 Å². The predicted molar refractivity (Wildman–Crippen MR) is 54.6 cm³/mol. The third-order valence-electron chi connectivity index (χ3n) is 1.59. The number of aryl methyl sites for hydroxylation is 1. The fourth-order valence-corrected chi connectivity index (χ4v) is 0.921. The highest BCUT2D eigenvalue weighted by Crippen LogP contribution is 1.90. The first-order chi connectivity index (χ1) is 6.72. The third kappa shape index (κ3) is 3.42. The number of hydrogen-bond donors (Lipinski definition) is 2. The van der Waals surface area contributed by atoms with Gasteiger partial charge in [-0.25, -0.2) is 9.98 Å². The van der Waals surface area contributed by atoms with Gasteiger partial charge in [0.05, 0.1) is 0 Å². The highest BCUT2D eigenvalue weighted by Gasteiger charge is 1.96. The average Bonchev–Trinajstić information content (AvgIpc) is 2.58. The lowest BCUT2D eigenvalue weighted by Crippen LogP contribution is -2.32. The van der Waals surface area contributed by atoms with Crippen LogP contribution in [0.5, 0.6) is 0 Å². The average molecular weight is 196 g/mol. The van der Waals surface area contributed by atoms with Gasteiger partial charge in [0.2, 0.25) is 0 Å². The van der Waals surface area contributed by atoms with Crippen molar-refractivity contribution in [1.82, 2.24) is 20.1 Å². The second-order valence-corrected chi connectivity index (χ2v) is 2.96. The molecule has 1 heterocycles. The standard InChI is InChI=1S/C8H16N6/c1-3-4-10-8(9)11-5-7-12-6-14(2)13-7/h6H,3-5H2,1-2H3,(H3,9,10,11). The van der Waals surface area contributed by atoms with E-state index in [9.17, 15) is 0 Å². The van der Waals surface area contributed by atoms with Gasteiger partial charge in [-0.1, -0.05) is 6.92 Å². The summed E-state index contributed by atoms with van der Waals surface area (Å²) in [6.45, 7) is 3.33. The molecule has 0 atom stereocenters. The Labute approximate surface area is 83.2 Å². The number of guanidine groups is 1. The quantitative estimate of drug-likeness (QED) is 0.508. The van der Waals surface area contributed by atoms with Crippen LogP contribution in [0.1, 0.15) is 19.2 Å². The number of rotatable bonds is 4. The van der Waals surface area contributed by atoms with E-state index in [1.165, 1.54) is 0 Å². The first kappa shape index (κ1) is 10.5. The van der Waals surface area contributed by atoms with Crippen molar-refractivity contribution in [1.29, 1.82) is 0 Å². The summed E-state index contributed by atoms with van der Waals surface area (Å²) in [5, 5.41) is 7.05. The maximum absolute atomic E-state index is 5.59. The fraction of sp³-hybridized carbons (Fsp3) is 0.625. The van der Waals surface area contributed by atoms with Gasteiger partial charge in [-0.2, -0.15) is 5.10 Å². The lowest BCUT2D eigenvalue weighted by atomic mass is 10.5. The molecule has 0 amide bonds. The zero-order chi connectivity index (χ0) is 10.4. The molecule has 0 fully saturated rings. The maximum atomic E-state index is 5.59. The molecule has 0 aromatic carbocycles. The third-order valence-corrected chi connectivity index (χ3v) is 1.59. The molecule has 0 saturated heterocycles. The normalized spacial score (nSPS) is 11.7. The van der Waals surface area contributed by atoms with Crippen molar-refractivity contribution in [2.24, 2.45) is 17.8 Å². The number of aliphatic imine (C=N–C) groups is 1. The predicted octanol–water partition coefficient (Wildman–Crippen LogP) is -0.371. The van der Waals surface area contributed by atoms with Gasteiger partial charge >= 0.3 is 0 Å². The second-order valence-electron chi connectivity index (χ2n) is 2.96. The van der Waals surface area contributed by atoms with Crippen LogP contribution in [0.15, 0.2) is 11.3 Å². The summed E-state index contributed by atoms with van der Waals surface area (Å²) in [7, 11) is 1.82. The van der Waals surface area contributed by atoms with E-state index >= 15 is 0 Å². The van der Waals surface area contributed by atoms with E-state index in [0.717, 1.165) is 13.0 Å². The zero-order valence-electron chi connectivity index (χ0n) is 8.56. The van der Waals surface area contributed by atoms with Crippen molar-refractivity contribution in [2.75, 3.05) is 6.54 Å². The lowest BCUT2D eigenvalue weighted by Gasteiger charge is -2.01. The molecule has 0 spiro atoms. The van der Waals surface area contributed by atoms with E-state index in [1.54, 1.807) is 11.0 Å². The Bertz CT molecular complexity index is 303. The SMILES string of the molecule is CCCNC(N)=NCc1ncn(C)n1. The van der Waals surface area contributed by atoms with Crippen LogP contribution >= 0.6 is 0 Å². The number of nitrogens with two attached hydrogens (primary N) is 1. The minimum Gasteiger partial charge on any atom is -0.370 e. The van der Waals surface area contributed by atoms with Gasteiger partial charge in [0.15, 0.2) is 11.8 Å². The summed E-state index contributed by atoms with van der Waals surface area (Å²) in [5.74, 6) is 1.12. The highest BCUT2D eigenvalue weighted by molar-refractivity contribution is 5.77. The molecule has 3 N–H and O–H groups in total. The number of aromatic nitrogens is 3. The van der Waals surface area contributed by atoms with Crippen LogP contribution in [-0.2, 0) is 13.6 Å². The minimum atomic E-state index is 0.420. The minimum absolute atomic E-state index is 0.420. The first-order valence-corrected chi connectivity index (χ1v) is 4.60. The van der Waals surface area contributed by atoms with E-state index in [0.29, 0.717) is 18.3 Å². The van der Waals surface area contributed by atoms with Crippen LogP contribution < -0.4 is 11.1 Å². The topological polar surface area (TPSA) is 81.1 Å². The Morgan fingerprint density at radius 2 is 2.50 bits per heavy atom. The smallest absolute Gasteiger partial charge is 0.189 e. The van der Waals surface area contributed by atoms with Gasteiger partial charge in [-0.05, 0) is 6.42 Å². The molecule has 0 saturated carbocycles. The molecule has 0 aliphatic heterocycles. The molecule has 1 aromatic heterocycles. The summed E-state index contributed by atoms with van der Waals surface area (Å²) >= 11 is 0. The molecule has 0 bridgehead atoms. The van der Waals surface area contributed by atoms with Crippen molar-refractivity contribution in [2.45, 2.75) is 19.9 Å². The Hall–Kier alpha value is -1.59. The number of nitrogens with one attached hydrogen (secondary N) is 1. The van der Waals surface area contributed by atoms with Gasteiger partial charge in [-0.15, -0.1) is 0 Å². The largest absolute Gasteiger partial charge is 0.370 e. The molecule has 6 heteroatoms. The maximum Gasteiger partial charge on any atom is 0.189 e. The van der Waals surface area contributed by atoms with Crippen molar-refractivity contribution >= 4 is 5.96 Å². The van der Waals surface area contributed by atoms with E-state index in [-0.39, 0.29) is 0 Å². The molecule has 1 aromatic rings. The Kier molecular flexibility index (Phi) is 3.90. The molecular weight excluding hydrogens is 180 g/mol. The van der Waals surface area contributed by atoms with E-state index in [2.05, 4.69) is 27.3 Å². The Morgan fingerprint density at radius 1 is 1.71 bits per heavy atom. The summed E-state index contributed by atoms with van der Waals surface area (Å²) in [6, 6.07) is 0. The number of nitrogens with zero attached hydrogens (tertiary/aromatic N) is 4. The second kappa shape index (κ2) is 5.21. The fourth-order valence-electron chi connectivity index (χ4n) is 0.921. The molecule has 6 nitrogen and oxygen atoms in total. The molecule has 14 heavy (non-hydrogen) atoms. The molecule has 0 aliphatic carbocycles. The molecule has 0 unspecified atom stereocenters. The van der Waals surface area contributed by atoms with Crippen molar-refractivity contribution in [3.63, 3.8) is 0 Å². The van der Waals surface area contributed by atoms with Gasteiger partial charge < -0.3 is 11.1 Å². The van der Waals surface area contributed by atoms with Crippen molar-refractivity contribution in [3.05, 3.63) is 12.2 Å².